The van der Waals surface area contributed by atoms with E-state index in [2.05, 4.69) is 9.97 Å². The summed E-state index contributed by atoms with van der Waals surface area (Å²) in [4.78, 5) is 18.8. The largest absolute Gasteiger partial charge is 0.478 e. The Bertz CT molecular complexity index is 508. The molecule has 0 amide bonds. The van der Waals surface area contributed by atoms with Crippen molar-refractivity contribution < 1.29 is 9.90 Å². The molecule has 70 valence electrons. The van der Waals surface area contributed by atoms with Gasteiger partial charge in [0.2, 0.25) is 0 Å². The van der Waals surface area contributed by atoms with Crippen molar-refractivity contribution in [2.45, 2.75) is 6.92 Å². The van der Waals surface area contributed by atoms with Crippen LogP contribution in [0.2, 0.25) is 0 Å². The predicted molar refractivity (Wildman–Crippen MR) is 51.2 cm³/mol. The summed E-state index contributed by atoms with van der Waals surface area (Å²) >= 11 is 0. The molecule has 4 nitrogen and oxygen atoms in total. The van der Waals surface area contributed by atoms with E-state index in [0.717, 1.165) is 16.6 Å². The summed E-state index contributed by atoms with van der Waals surface area (Å²) in [6.45, 7) is 1.83. The maximum atomic E-state index is 10.7. The number of aryl methyl sites for hydroxylation is 1. The van der Waals surface area contributed by atoms with E-state index in [4.69, 9.17) is 5.11 Å². The van der Waals surface area contributed by atoms with E-state index in [1.807, 2.05) is 6.92 Å². The van der Waals surface area contributed by atoms with Gasteiger partial charge in [-0.25, -0.2) is 14.8 Å². The Labute approximate surface area is 80.2 Å². The van der Waals surface area contributed by atoms with Crippen LogP contribution in [0.1, 0.15) is 16.1 Å². The first-order valence-corrected chi connectivity index (χ1v) is 4.13. The minimum absolute atomic E-state index is 0.260. The van der Waals surface area contributed by atoms with E-state index in [0.29, 0.717) is 0 Å². The third kappa shape index (κ3) is 1.31. The highest BCUT2D eigenvalue weighted by molar-refractivity contribution is 5.93. The number of fused-ring (bicyclic) bond motifs is 1. The van der Waals surface area contributed by atoms with Gasteiger partial charge in [0.05, 0.1) is 11.1 Å². The van der Waals surface area contributed by atoms with E-state index in [-0.39, 0.29) is 5.56 Å². The van der Waals surface area contributed by atoms with E-state index in [9.17, 15) is 4.79 Å². The quantitative estimate of drug-likeness (QED) is 0.738. The second-order valence-electron chi connectivity index (χ2n) is 3.00. The molecule has 0 radical (unpaired) electrons. The maximum Gasteiger partial charge on any atom is 0.335 e. The second-order valence-corrected chi connectivity index (χ2v) is 3.00. The van der Waals surface area contributed by atoms with E-state index in [1.54, 1.807) is 12.1 Å². The molecule has 0 aliphatic carbocycles. The lowest BCUT2D eigenvalue weighted by atomic mass is 10.1. The average molecular weight is 188 g/mol. The monoisotopic (exact) mass is 188 g/mol. The third-order valence-corrected chi connectivity index (χ3v) is 2.08. The number of carboxylic acids is 1. The van der Waals surface area contributed by atoms with E-state index in [1.165, 1.54) is 12.4 Å². The van der Waals surface area contributed by atoms with Crippen LogP contribution in [0.25, 0.3) is 10.9 Å². The van der Waals surface area contributed by atoms with Crippen LogP contribution >= 0.6 is 0 Å². The SMILES string of the molecule is Cc1ncnc2ccc(C(=O)O)cc12. The van der Waals surface area contributed by atoms with Crippen LogP contribution in [0.3, 0.4) is 0 Å². The summed E-state index contributed by atoms with van der Waals surface area (Å²) in [5.74, 6) is -0.935. The number of aromatic nitrogens is 2. The molecule has 14 heavy (non-hydrogen) atoms. The van der Waals surface area contributed by atoms with Gasteiger partial charge in [-0.3, -0.25) is 0 Å². The highest BCUT2D eigenvalue weighted by atomic mass is 16.4. The molecule has 0 spiro atoms. The van der Waals surface area contributed by atoms with Gasteiger partial charge in [0.15, 0.2) is 0 Å². The van der Waals surface area contributed by atoms with Gasteiger partial charge in [-0.05, 0) is 25.1 Å². The summed E-state index contributed by atoms with van der Waals surface area (Å²) in [6, 6.07) is 4.82. The number of benzene rings is 1. The lowest BCUT2D eigenvalue weighted by Gasteiger charge is -2.00. The van der Waals surface area contributed by atoms with Gasteiger partial charge in [-0.1, -0.05) is 0 Å². The van der Waals surface area contributed by atoms with E-state index < -0.39 is 5.97 Å². The molecular weight excluding hydrogens is 180 g/mol. The molecule has 1 aromatic carbocycles. The molecule has 0 saturated heterocycles. The lowest BCUT2D eigenvalue weighted by Crippen LogP contribution is -1.97. The van der Waals surface area contributed by atoms with Gasteiger partial charge in [-0.2, -0.15) is 0 Å². The fraction of sp³-hybridized carbons (Fsp3) is 0.100. The summed E-state index contributed by atoms with van der Waals surface area (Å²) in [5.41, 5.74) is 1.82. The number of nitrogens with zero attached hydrogens (tertiary/aromatic N) is 2. The minimum Gasteiger partial charge on any atom is -0.478 e. The van der Waals surface area contributed by atoms with Gasteiger partial charge in [0.25, 0.3) is 0 Å². The van der Waals surface area contributed by atoms with Crippen molar-refractivity contribution in [2.24, 2.45) is 0 Å². The molecule has 1 N–H and O–H groups in total. The molecule has 0 unspecified atom stereocenters. The van der Waals surface area contributed by atoms with Crippen LogP contribution in [0.5, 0.6) is 0 Å². The van der Waals surface area contributed by atoms with Crippen molar-refractivity contribution in [1.82, 2.24) is 9.97 Å². The van der Waals surface area contributed by atoms with Crippen LogP contribution in [0.4, 0.5) is 0 Å². The first-order chi connectivity index (χ1) is 6.68. The summed E-state index contributed by atoms with van der Waals surface area (Å²) in [6.07, 6.45) is 1.47. The molecule has 0 atom stereocenters. The molecule has 4 heteroatoms. The normalized spacial score (nSPS) is 10.4. The average Bonchev–Trinajstić information content (AvgIpc) is 2.18. The number of hydrogen-bond acceptors (Lipinski definition) is 3. The zero-order chi connectivity index (χ0) is 10.1. The van der Waals surface area contributed by atoms with Crippen molar-refractivity contribution in [3.63, 3.8) is 0 Å². The number of aromatic carboxylic acids is 1. The number of hydrogen-bond donors (Lipinski definition) is 1. The van der Waals surface area contributed by atoms with Crippen molar-refractivity contribution in [2.75, 3.05) is 0 Å². The van der Waals surface area contributed by atoms with Gasteiger partial charge >= 0.3 is 5.97 Å². The number of carboxylic acid groups (broad SMARTS) is 1. The highest BCUT2D eigenvalue weighted by Gasteiger charge is 2.05. The molecule has 2 rings (SSSR count). The zero-order valence-corrected chi connectivity index (χ0v) is 7.56. The van der Waals surface area contributed by atoms with Crippen LogP contribution in [-0.2, 0) is 0 Å². The number of rotatable bonds is 1. The minimum atomic E-state index is -0.935. The van der Waals surface area contributed by atoms with Crippen molar-refractivity contribution in [1.29, 1.82) is 0 Å². The third-order valence-electron chi connectivity index (χ3n) is 2.08. The molecular formula is C10H8N2O2. The van der Waals surface area contributed by atoms with Crippen molar-refractivity contribution in [3.8, 4) is 0 Å². The fourth-order valence-electron chi connectivity index (χ4n) is 1.32. The molecule has 0 saturated carbocycles. The molecule has 1 heterocycles. The van der Waals surface area contributed by atoms with Gasteiger partial charge in [0.1, 0.15) is 6.33 Å². The summed E-state index contributed by atoms with van der Waals surface area (Å²) in [5, 5.41) is 9.58. The van der Waals surface area contributed by atoms with Crippen LogP contribution in [0, 0.1) is 6.92 Å². The standard InChI is InChI=1S/C10H8N2O2/c1-6-8-4-7(10(13)14)2-3-9(8)12-5-11-6/h2-5H,1H3,(H,13,14). The Hall–Kier alpha value is -1.97. The van der Waals surface area contributed by atoms with E-state index >= 15 is 0 Å². The van der Waals surface area contributed by atoms with Crippen molar-refractivity contribution >= 4 is 16.9 Å². The van der Waals surface area contributed by atoms with Crippen molar-refractivity contribution in [3.05, 3.63) is 35.8 Å². The second kappa shape index (κ2) is 3.06. The zero-order valence-electron chi connectivity index (χ0n) is 7.56. The van der Waals surface area contributed by atoms with Crippen LogP contribution in [0.15, 0.2) is 24.5 Å². The van der Waals surface area contributed by atoms with Gasteiger partial charge in [-0.15, -0.1) is 0 Å². The molecule has 0 aliphatic rings. The van der Waals surface area contributed by atoms with Gasteiger partial charge < -0.3 is 5.11 Å². The Morgan fingerprint density at radius 3 is 2.86 bits per heavy atom. The summed E-state index contributed by atoms with van der Waals surface area (Å²) < 4.78 is 0. The van der Waals surface area contributed by atoms with Gasteiger partial charge in [0, 0.05) is 11.1 Å². The smallest absolute Gasteiger partial charge is 0.335 e. The molecule has 0 fully saturated rings. The lowest BCUT2D eigenvalue weighted by molar-refractivity contribution is 0.0697. The fourth-order valence-corrected chi connectivity index (χ4v) is 1.32. The highest BCUT2D eigenvalue weighted by Crippen LogP contribution is 2.15. The maximum absolute atomic E-state index is 10.7. The Kier molecular flexibility index (Phi) is 1.89. The molecule has 2 aromatic rings. The molecule has 1 aromatic heterocycles. The first-order valence-electron chi connectivity index (χ1n) is 4.13. The molecule has 0 bridgehead atoms. The first kappa shape index (κ1) is 8.62. The Morgan fingerprint density at radius 2 is 2.14 bits per heavy atom. The van der Waals surface area contributed by atoms with Crippen LogP contribution in [-0.4, -0.2) is 21.0 Å². The predicted octanol–water partition coefficient (Wildman–Crippen LogP) is 1.64. The van der Waals surface area contributed by atoms with Crippen LogP contribution < -0.4 is 0 Å². The Morgan fingerprint density at radius 1 is 1.36 bits per heavy atom. The topological polar surface area (TPSA) is 63.1 Å². The summed E-state index contributed by atoms with van der Waals surface area (Å²) in [7, 11) is 0. The number of carbonyl (C=O) groups is 1. The Balaban J connectivity index is 2.76. The molecule has 0 aliphatic heterocycles.